The fourth-order valence-corrected chi connectivity index (χ4v) is 3.02. The average molecular weight is 405 g/mol. The molecule has 1 N–H and O–H groups in total. The van der Waals surface area contributed by atoms with Gasteiger partial charge in [-0.25, -0.2) is 14.1 Å². The van der Waals surface area contributed by atoms with E-state index in [1.807, 2.05) is 0 Å². The van der Waals surface area contributed by atoms with Gasteiger partial charge in [0.2, 0.25) is 5.91 Å². The molecule has 150 valence electrons. The summed E-state index contributed by atoms with van der Waals surface area (Å²) in [6, 6.07) is 12.0. The summed E-state index contributed by atoms with van der Waals surface area (Å²) < 4.78 is 15.8. The molecule has 2 aromatic heterocycles. The van der Waals surface area contributed by atoms with Crippen LogP contribution in [0.25, 0.3) is 16.7 Å². The van der Waals surface area contributed by atoms with Gasteiger partial charge in [-0.1, -0.05) is 0 Å². The fourth-order valence-electron chi connectivity index (χ4n) is 3.02. The van der Waals surface area contributed by atoms with E-state index in [4.69, 9.17) is 0 Å². The molecule has 1 amide bonds. The van der Waals surface area contributed by atoms with Gasteiger partial charge < -0.3 is 5.32 Å². The van der Waals surface area contributed by atoms with Crippen LogP contribution in [0.3, 0.4) is 0 Å². The number of anilines is 1. The van der Waals surface area contributed by atoms with Crippen molar-refractivity contribution in [2.24, 2.45) is 0 Å². The number of amides is 1. The lowest BCUT2D eigenvalue weighted by atomic mass is 10.1. The molecule has 0 aliphatic heterocycles. The minimum absolute atomic E-state index is 0.191. The molecule has 4 rings (SSSR count). The number of nitrogens with one attached hydrogen (secondary N) is 1. The van der Waals surface area contributed by atoms with E-state index in [9.17, 15) is 18.8 Å². The number of Topliss-reactive ketones (excluding diaryl/α,β-unsaturated/α-hetero) is 1. The second-order valence-corrected chi connectivity index (χ2v) is 6.63. The summed E-state index contributed by atoms with van der Waals surface area (Å²) >= 11 is 0. The molecule has 0 saturated carbocycles. The van der Waals surface area contributed by atoms with Crippen LogP contribution < -0.4 is 10.9 Å². The molecule has 0 radical (unpaired) electrons. The van der Waals surface area contributed by atoms with Crippen molar-refractivity contribution in [3.05, 3.63) is 82.8 Å². The Balaban J connectivity index is 1.60. The van der Waals surface area contributed by atoms with Gasteiger partial charge in [-0.3, -0.25) is 19.0 Å². The van der Waals surface area contributed by atoms with Crippen molar-refractivity contribution in [1.29, 1.82) is 0 Å². The predicted octanol–water partition coefficient (Wildman–Crippen LogP) is 2.56. The van der Waals surface area contributed by atoms with Crippen LogP contribution in [0.15, 0.2) is 65.8 Å². The van der Waals surface area contributed by atoms with E-state index < -0.39 is 5.56 Å². The van der Waals surface area contributed by atoms with E-state index in [1.54, 1.807) is 24.3 Å². The van der Waals surface area contributed by atoms with Crippen molar-refractivity contribution in [2.45, 2.75) is 13.5 Å². The molecule has 30 heavy (non-hydrogen) atoms. The summed E-state index contributed by atoms with van der Waals surface area (Å²) in [6.45, 7) is 1.20. The van der Waals surface area contributed by atoms with Crippen LogP contribution in [0.4, 0.5) is 10.1 Å². The number of hydrogen-bond acceptors (Lipinski definition) is 5. The summed E-state index contributed by atoms with van der Waals surface area (Å²) in [5.41, 5.74) is 1.45. The molecule has 0 fully saturated rings. The largest absolute Gasteiger partial charge is 0.326 e. The molecule has 4 aromatic rings. The molecule has 0 bridgehead atoms. The Bertz CT molecular complexity index is 1310. The first kappa shape index (κ1) is 19.2. The first-order chi connectivity index (χ1) is 14.4. The van der Waals surface area contributed by atoms with Gasteiger partial charge >= 0.3 is 0 Å². The third-order valence-corrected chi connectivity index (χ3v) is 4.47. The zero-order chi connectivity index (χ0) is 21.3. The molecule has 0 aliphatic rings. The Labute approximate surface area is 169 Å². The highest BCUT2D eigenvalue weighted by atomic mass is 19.1. The van der Waals surface area contributed by atoms with E-state index in [1.165, 1.54) is 53.0 Å². The number of rotatable bonds is 5. The van der Waals surface area contributed by atoms with Crippen LogP contribution in [-0.4, -0.2) is 31.0 Å². The van der Waals surface area contributed by atoms with E-state index in [2.05, 4.69) is 15.4 Å². The SMILES string of the molecule is CC(=O)Nc1ccc(C(=O)Cn2cnc3c(cnn3-c3ccc(F)cc3)c2=O)cc1. The van der Waals surface area contributed by atoms with Crippen molar-refractivity contribution in [3.8, 4) is 5.69 Å². The minimum atomic E-state index is -0.406. The highest BCUT2D eigenvalue weighted by Gasteiger charge is 2.14. The Morgan fingerprint density at radius 1 is 1.07 bits per heavy atom. The number of carbonyl (C=O) groups excluding carboxylic acids is 2. The van der Waals surface area contributed by atoms with Gasteiger partial charge in [-0.2, -0.15) is 5.10 Å². The zero-order valence-corrected chi connectivity index (χ0v) is 15.9. The number of halogens is 1. The van der Waals surface area contributed by atoms with Gasteiger partial charge in [0.25, 0.3) is 5.56 Å². The van der Waals surface area contributed by atoms with Crippen LogP contribution in [0.2, 0.25) is 0 Å². The monoisotopic (exact) mass is 405 g/mol. The molecule has 0 spiro atoms. The highest BCUT2D eigenvalue weighted by Crippen LogP contribution is 2.15. The molecule has 0 atom stereocenters. The Hall–Kier alpha value is -4.14. The van der Waals surface area contributed by atoms with Crippen molar-refractivity contribution in [3.63, 3.8) is 0 Å². The zero-order valence-electron chi connectivity index (χ0n) is 15.9. The maximum atomic E-state index is 13.1. The molecule has 9 heteroatoms. The van der Waals surface area contributed by atoms with Crippen molar-refractivity contribution >= 4 is 28.4 Å². The van der Waals surface area contributed by atoms with Crippen LogP contribution in [0, 0.1) is 5.82 Å². The molecule has 0 aliphatic carbocycles. The smallest absolute Gasteiger partial charge is 0.264 e. The van der Waals surface area contributed by atoms with Gasteiger partial charge in [0.15, 0.2) is 11.4 Å². The summed E-state index contributed by atoms with van der Waals surface area (Å²) in [4.78, 5) is 40.7. The van der Waals surface area contributed by atoms with Gasteiger partial charge in [0.05, 0.1) is 18.4 Å². The fraction of sp³-hybridized carbons (Fsp3) is 0.0952. The van der Waals surface area contributed by atoms with Gasteiger partial charge in [0, 0.05) is 18.2 Å². The minimum Gasteiger partial charge on any atom is -0.326 e. The van der Waals surface area contributed by atoms with Gasteiger partial charge in [-0.05, 0) is 48.5 Å². The molecular weight excluding hydrogens is 389 g/mol. The molecule has 0 saturated heterocycles. The quantitative estimate of drug-likeness (QED) is 0.515. The molecule has 0 unspecified atom stereocenters. The molecule has 2 aromatic carbocycles. The third kappa shape index (κ3) is 3.72. The van der Waals surface area contributed by atoms with Crippen LogP contribution in [-0.2, 0) is 11.3 Å². The van der Waals surface area contributed by atoms with Crippen molar-refractivity contribution < 1.29 is 14.0 Å². The van der Waals surface area contributed by atoms with Crippen LogP contribution in [0.5, 0.6) is 0 Å². The van der Waals surface area contributed by atoms with E-state index >= 15 is 0 Å². The molecule has 8 nitrogen and oxygen atoms in total. The van der Waals surface area contributed by atoms with E-state index in [-0.39, 0.29) is 29.4 Å². The molecular formula is C21H16FN5O3. The summed E-state index contributed by atoms with van der Waals surface area (Å²) in [5, 5.41) is 7.04. The maximum absolute atomic E-state index is 13.1. The average Bonchev–Trinajstić information content (AvgIpc) is 3.15. The van der Waals surface area contributed by atoms with Gasteiger partial charge in [-0.15, -0.1) is 0 Å². The second kappa shape index (κ2) is 7.70. The lowest BCUT2D eigenvalue weighted by Crippen LogP contribution is -2.24. The number of benzene rings is 2. The lowest BCUT2D eigenvalue weighted by Gasteiger charge is -2.07. The normalized spacial score (nSPS) is 10.9. The number of ketones is 1. The lowest BCUT2D eigenvalue weighted by molar-refractivity contribution is -0.114. The van der Waals surface area contributed by atoms with Crippen molar-refractivity contribution in [2.75, 3.05) is 5.32 Å². The van der Waals surface area contributed by atoms with Crippen LogP contribution in [0.1, 0.15) is 17.3 Å². The Morgan fingerprint density at radius 3 is 2.43 bits per heavy atom. The second-order valence-electron chi connectivity index (χ2n) is 6.63. The van der Waals surface area contributed by atoms with Crippen molar-refractivity contribution in [1.82, 2.24) is 19.3 Å². The summed E-state index contributed by atoms with van der Waals surface area (Å²) in [5.74, 6) is -0.867. The topological polar surface area (TPSA) is 98.9 Å². The first-order valence-electron chi connectivity index (χ1n) is 9.02. The summed E-state index contributed by atoms with van der Waals surface area (Å²) in [7, 11) is 0. The number of aromatic nitrogens is 4. The summed E-state index contributed by atoms with van der Waals surface area (Å²) in [6.07, 6.45) is 2.66. The molecule has 2 heterocycles. The van der Waals surface area contributed by atoms with E-state index in [0.717, 1.165) is 0 Å². The maximum Gasteiger partial charge on any atom is 0.264 e. The predicted molar refractivity (Wildman–Crippen MR) is 108 cm³/mol. The number of fused-ring (bicyclic) bond motifs is 1. The third-order valence-electron chi connectivity index (χ3n) is 4.47. The number of hydrogen-bond donors (Lipinski definition) is 1. The van der Waals surface area contributed by atoms with Gasteiger partial charge in [0.1, 0.15) is 17.5 Å². The highest BCUT2D eigenvalue weighted by molar-refractivity contribution is 5.97. The van der Waals surface area contributed by atoms with E-state index in [0.29, 0.717) is 22.6 Å². The standard InChI is InChI=1S/C21H16FN5O3/c1-13(28)25-16-6-2-14(3-7-16)19(29)11-26-12-23-20-18(21(26)30)10-24-27(20)17-8-4-15(22)5-9-17/h2-10,12H,11H2,1H3,(H,25,28). The first-order valence-corrected chi connectivity index (χ1v) is 9.02. The Morgan fingerprint density at radius 2 is 1.77 bits per heavy atom. The Kier molecular flexibility index (Phi) is 4.93. The number of carbonyl (C=O) groups is 2. The van der Waals surface area contributed by atoms with Crippen LogP contribution >= 0.6 is 0 Å². The number of nitrogens with zero attached hydrogens (tertiary/aromatic N) is 4.